The predicted octanol–water partition coefficient (Wildman–Crippen LogP) is 2.44. The highest BCUT2D eigenvalue weighted by molar-refractivity contribution is 5.39. The molecule has 1 heterocycles. The van der Waals surface area contributed by atoms with Crippen molar-refractivity contribution in [1.82, 2.24) is 9.78 Å². The van der Waals surface area contributed by atoms with E-state index >= 15 is 0 Å². The third-order valence-corrected chi connectivity index (χ3v) is 2.31. The summed E-state index contributed by atoms with van der Waals surface area (Å²) in [5.74, 6) is 0.00994. The highest BCUT2D eigenvalue weighted by Gasteiger charge is 2.32. The largest absolute Gasteiger partial charge is 0.573 e. The SMILES string of the molecule is Nc1ccn(CCOc2ccccc2OC(F)(F)F)n1. The van der Waals surface area contributed by atoms with E-state index in [0.717, 1.165) is 0 Å². The first-order chi connectivity index (χ1) is 9.44. The number of benzene rings is 1. The lowest BCUT2D eigenvalue weighted by atomic mass is 10.3. The van der Waals surface area contributed by atoms with E-state index in [2.05, 4.69) is 9.84 Å². The molecule has 2 N–H and O–H groups in total. The van der Waals surface area contributed by atoms with Gasteiger partial charge in [0.15, 0.2) is 11.5 Å². The van der Waals surface area contributed by atoms with Crippen molar-refractivity contribution in [3.05, 3.63) is 36.5 Å². The van der Waals surface area contributed by atoms with E-state index < -0.39 is 6.36 Å². The summed E-state index contributed by atoms with van der Waals surface area (Å²) in [6.45, 7) is 0.497. The normalized spacial score (nSPS) is 11.3. The first-order valence-corrected chi connectivity index (χ1v) is 5.70. The molecule has 2 rings (SSSR count). The number of para-hydroxylation sites is 2. The smallest absolute Gasteiger partial charge is 0.488 e. The fourth-order valence-corrected chi connectivity index (χ4v) is 1.53. The van der Waals surface area contributed by atoms with Crippen LogP contribution < -0.4 is 15.2 Å². The van der Waals surface area contributed by atoms with E-state index in [1.807, 2.05) is 0 Å². The van der Waals surface area contributed by atoms with Crippen LogP contribution in [0.2, 0.25) is 0 Å². The second-order valence-corrected chi connectivity index (χ2v) is 3.85. The highest BCUT2D eigenvalue weighted by Crippen LogP contribution is 2.31. The van der Waals surface area contributed by atoms with Crippen molar-refractivity contribution in [1.29, 1.82) is 0 Å². The summed E-state index contributed by atoms with van der Waals surface area (Å²) in [6.07, 6.45) is -3.10. The number of alkyl halides is 3. The number of nitrogens with zero attached hydrogens (tertiary/aromatic N) is 2. The summed E-state index contributed by atoms with van der Waals surface area (Å²) in [5, 5.41) is 3.93. The molecule has 1 aromatic heterocycles. The molecule has 0 aliphatic rings. The molecule has 20 heavy (non-hydrogen) atoms. The molecule has 0 spiro atoms. The molecule has 2 aromatic rings. The van der Waals surface area contributed by atoms with Gasteiger partial charge in [-0.1, -0.05) is 12.1 Å². The van der Waals surface area contributed by atoms with Gasteiger partial charge in [0.25, 0.3) is 0 Å². The van der Waals surface area contributed by atoms with Gasteiger partial charge in [-0.05, 0) is 18.2 Å². The number of halogens is 3. The fraction of sp³-hybridized carbons (Fsp3) is 0.250. The number of aromatic nitrogens is 2. The van der Waals surface area contributed by atoms with Crippen LogP contribution in [0.3, 0.4) is 0 Å². The van der Waals surface area contributed by atoms with Crippen LogP contribution in [0, 0.1) is 0 Å². The quantitative estimate of drug-likeness (QED) is 0.917. The number of nitrogen functional groups attached to an aromatic ring is 1. The van der Waals surface area contributed by atoms with Crippen LogP contribution >= 0.6 is 0 Å². The molecule has 0 aliphatic heterocycles. The van der Waals surface area contributed by atoms with Gasteiger partial charge in [0.2, 0.25) is 0 Å². The van der Waals surface area contributed by atoms with Crippen molar-refractivity contribution in [2.45, 2.75) is 12.9 Å². The zero-order valence-electron chi connectivity index (χ0n) is 10.3. The Morgan fingerprint density at radius 3 is 2.45 bits per heavy atom. The number of hydrogen-bond acceptors (Lipinski definition) is 4. The van der Waals surface area contributed by atoms with Crippen LogP contribution in [0.1, 0.15) is 0 Å². The van der Waals surface area contributed by atoms with Crippen LogP contribution in [0.25, 0.3) is 0 Å². The lowest BCUT2D eigenvalue weighted by Gasteiger charge is -2.13. The maximum absolute atomic E-state index is 12.2. The Kier molecular flexibility index (Phi) is 4.02. The van der Waals surface area contributed by atoms with E-state index in [0.29, 0.717) is 12.4 Å². The first-order valence-electron chi connectivity index (χ1n) is 5.70. The van der Waals surface area contributed by atoms with Gasteiger partial charge in [0.05, 0.1) is 6.54 Å². The summed E-state index contributed by atoms with van der Waals surface area (Å²) >= 11 is 0. The summed E-state index contributed by atoms with van der Waals surface area (Å²) in [6, 6.07) is 7.19. The third-order valence-electron chi connectivity index (χ3n) is 2.31. The average Bonchev–Trinajstić information content (AvgIpc) is 2.75. The van der Waals surface area contributed by atoms with Crippen LogP contribution in [-0.2, 0) is 6.54 Å². The summed E-state index contributed by atoms with van der Waals surface area (Å²) in [7, 11) is 0. The van der Waals surface area contributed by atoms with Gasteiger partial charge in [-0.15, -0.1) is 13.2 Å². The summed E-state index contributed by atoms with van der Waals surface area (Å²) < 4.78 is 47.3. The van der Waals surface area contributed by atoms with Crippen LogP contribution in [-0.4, -0.2) is 22.7 Å². The minimum atomic E-state index is -4.75. The van der Waals surface area contributed by atoms with E-state index in [9.17, 15) is 13.2 Å². The van der Waals surface area contributed by atoms with Gasteiger partial charge in [-0.2, -0.15) is 5.10 Å². The van der Waals surface area contributed by atoms with Crippen molar-refractivity contribution in [3.63, 3.8) is 0 Å². The lowest BCUT2D eigenvalue weighted by Crippen LogP contribution is -2.18. The molecule has 0 amide bonds. The van der Waals surface area contributed by atoms with Gasteiger partial charge in [-0.3, -0.25) is 4.68 Å². The number of anilines is 1. The van der Waals surface area contributed by atoms with Gasteiger partial charge >= 0.3 is 6.36 Å². The Morgan fingerprint density at radius 2 is 1.85 bits per heavy atom. The van der Waals surface area contributed by atoms with Crippen molar-refractivity contribution < 1.29 is 22.6 Å². The second kappa shape index (κ2) is 5.72. The predicted molar refractivity (Wildman–Crippen MR) is 65.3 cm³/mol. The lowest BCUT2D eigenvalue weighted by molar-refractivity contribution is -0.275. The molecule has 0 fully saturated rings. The maximum atomic E-state index is 12.2. The topological polar surface area (TPSA) is 62.3 Å². The Labute approximate surface area is 112 Å². The Balaban J connectivity index is 1.95. The standard InChI is InChI=1S/C12H12F3N3O2/c13-12(14,15)20-10-4-2-1-3-9(10)19-8-7-18-6-5-11(16)17-18/h1-6H,7-8H2,(H2,16,17). The monoisotopic (exact) mass is 287 g/mol. The molecular weight excluding hydrogens is 275 g/mol. The first kappa shape index (κ1) is 14.0. The third kappa shape index (κ3) is 4.08. The average molecular weight is 287 g/mol. The molecule has 108 valence electrons. The van der Waals surface area contributed by atoms with Crippen LogP contribution in [0.15, 0.2) is 36.5 Å². The zero-order chi connectivity index (χ0) is 14.6. The van der Waals surface area contributed by atoms with Gasteiger partial charge in [0.1, 0.15) is 12.4 Å². The Hall–Kier alpha value is -2.38. The molecule has 5 nitrogen and oxygen atoms in total. The van der Waals surface area contributed by atoms with E-state index in [-0.39, 0.29) is 18.1 Å². The van der Waals surface area contributed by atoms with Gasteiger partial charge < -0.3 is 15.2 Å². The van der Waals surface area contributed by atoms with Crippen molar-refractivity contribution >= 4 is 5.82 Å². The number of ether oxygens (including phenoxy) is 2. The molecule has 8 heteroatoms. The minimum Gasteiger partial charge on any atom is -0.488 e. The summed E-state index contributed by atoms with van der Waals surface area (Å²) in [4.78, 5) is 0. The number of nitrogens with two attached hydrogens (primary N) is 1. The number of hydrogen-bond donors (Lipinski definition) is 1. The van der Waals surface area contributed by atoms with E-state index in [1.165, 1.54) is 22.9 Å². The number of rotatable bonds is 5. The fourth-order valence-electron chi connectivity index (χ4n) is 1.53. The molecule has 0 radical (unpaired) electrons. The van der Waals surface area contributed by atoms with Gasteiger partial charge in [-0.25, -0.2) is 0 Å². The van der Waals surface area contributed by atoms with Crippen LogP contribution in [0.5, 0.6) is 11.5 Å². The van der Waals surface area contributed by atoms with Crippen molar-refractivity contribution in [2.24, 2.45) is 0 Å². The van der Waals surface area contributed by atoms with Crippen molar-refractivity contribution in [3.8, 4) is 11.5 Å². The summed E-state index contributed by atoms with van der Waals surface area (Å²) in [5.41, 5.74) is 5.44. The Bertz CT molecular complexity index is 569. The molecule has 0 bridgehead atoms. The Morgan fingerprint density at radius 1 is 1.15 bits per heavy atom. The molecule has 0 saturated carbocycles. The van der Waals surface area contributed by atoms with Crippen molar-refractivity contribution in [2.75, 3.05) is 12.3 Å². The molecular formula is C12H12F3N3O2. The minimum absolute atomic E-state index is 0.0185. The molecule has 0 saturated heterocycles. The van der Waals surface area contributed by atoms with Gasteiger partial charge in [0, 0.05) is 6.20 Å². The van der Waals surface area contributed by atoms with E-state index in [1.54, 1.807) is 18.3 Å². The molecule has 0 aliphatic carbocycles. The maximum Gasteiger partial charge on any atom is 0.573 e. The second-order valence-electron chi connectivity index (χ2n) is 3.85. The molecule has 0 unspecified atom stereocenters. The van der Waals surface area contributed by atoms with E-state index in [4.69, 9.17) is 10.5 Å². The highest BCUT2D eigenvalue weighted by atomic mass is 19.4. The molecule has 1 aromatic carbocycles. The zero-order valence-corrected chi connectivity index (χ0v) is 10.3. The van der Waals surface area contributed by atoms with Crippen LogP contribution in [0.4, 0.5) is 19.0 Å². The molecule has 0 atom stereocenters.